The molecule has 0 bridgehead atoms. The van der Waals surface area contributed by atoms with Gasteiger partial charge in [0.25, 0.3) is 0 Å². The summed E-state index contributed by atoms with van der Waals surface area (Å²) in [6, 6.07) is 9.41. The van der Waals surface area contributed by atoms with Crippen molar-refractivity contribution in [2.24, 2.45) is 0 Å². The predicted octanol–water partition coefficient (Wildman–Crippen LogP) is 4.11. The van der Waals surface area contributed by atoms with E-state index >= 15 is 0 Å². The Morgan fingerprint density at radius 3 is 2.60 bits per heavy atom. The molecule has 3 aromatic rings. The molecule has 0 fully saturated rings. The molecule has 0 spiro atoms. The van der Waals surface area contributed by atoms with E-state index in [1.165, 1.54) is 11.1 Å². The molecule has 0 amide bonds. The van der Waals surface area contributed by atoms with E-state index in [1.807, 2.05) is 10.6 Å². The van der Waals surface area contributed by atoms with Crippen molar-refractivity contribution in [2.75, 3.05) is 0 Å². The fourth-order valence-corrected chi connectivity index (χ4v) is 2.53. The summed E-state index contributed by atoms with van der Waals surface area (Å²) in [5, 5.41) is 0.534. The van der Waals surface area contributed by atoms with Crippen LogP contribution in [0, 0.1) is 13.8 Å². The minimum Gasteiger partial charge on any atom is -0.298 e. The van der Waals surface area contributed by atoms with E-state index in [0.717, 1.165) is 23.0 Å². The molecule has 0 atom stereocenters. The van der Waals surface area contributed by atoms with Crippen molar-refractivity contribution in [1.82, 2.24) is 9.55 Å². The number of rotatable bonds is 2. The average Bonchev–Trinajstić information content (AvgIpc) is 2.82. The summed E-state index contributed by atoms with van der Waals surface area (Å²) < 4.78 is 1.94. The van der Waals surface area contributed by atoms with Crippen LogP contribution in [0.3, 0.4) is 0 Å². The standard InChI is InChI=1S/C16H13ClN2O/c1-10-5-14-16(6-11(10)2)19(9-18-14)15-4-3-12(8-20)7-13(15)17/h3-9H,1-2H3. The van der Waals surface area contributed by atoms with Gasteiger partial charge in [0, 0.05) is 5.56 Å². The fraction of sp³-hybridized carbons (Fsp3) is 0.125. The molecular weight excluding hydrogens is 272 g/mol. The molecule has 0 saturated carbocycles. The molecular formula is C16H13ClN2O. The van der Waals surface area contributed by atoms with Gasteiger partial charge in [0.1, 0.15) is 12.6 Å². The van der Waals surface area contributed by atoms with E-state index in [0.29, 0.717) is 10.6 Å². The lowest BCUT2D eigenvalue weighted by atomic mass is 10.1. The lowest BCUT2D eigenvalue weighted by Gasteiger charge is -2.08. The molecule has 0 saturated heterocycles. The van der Waals surface area contributed by atoms with E-state index in [2.05, 4.69) is 31.0 Å². The van der Waals surface area contributed by atoms with Crippen LogP contribution in [-0.4, -0.2) is 15.8 Å². The van der Waals surface area contributed by atoms with Gasteiger partial charge < -0.3 is 0 Å². The predicted molar refractivity (Wildman–Crippen MR) is 80.9 cm³/mol. The van der Waals surface area contributed by atoms with Crippen molar-refractivity contribution < 1.29 is 4.79 Å². The van der Waals surface area contributed by atoms with Gasteiger partial charge in [-0.25, -0.2) is 4.98 Å². The lowest BCUT2D eigenvalue weighted by molar-refractivity contribution is 0.112. The second-order valence-electron chi connectivity index (χ2n) is 4.87. The number of nitrogens with zero attached hydrogens (tertiary/aromatic N) is 2. The number of aldehydes is 1. The Morgan fingerprint density at radius 2 is 1.90 bits per heavy atom. The smallest absolute Gasteiger partial charge is 0.150 e. The molecule has 0 aliphatic heterocycles. The van der Waals surface area contributed by atoms with Gasteiger partial charge in [-0.15, -0.1) is 0 Å². The molecule has 3 rings (SSSR count). The van der Waals surface area contributed by atoms with E-state index in [-0.39, 0.29) is 0 Å². The summed E-state index contributed by atoms with van der Waals surface area (Å²) in [6.45, 7) is 4.14. The number of carbonyl (C=O) groups excluding carboxylic acids is 1. The second-order valence-corrected chi connectivity index (χ2v) is 5.28. The van der Waals surface area contributed by atoms with Crippen LogP contribution >= 0.6 is 11.6 Å². The van der Waals surface area contributed by atoms with E-state index < -0.39 is 0 Å². The number of fused-ring (bicyclic) bond motifs is 1. The number of aryl methyl sites for hydroxylation is 2. The number of benzene rings is 2. The van der Waals surface area contributed by atoms with Crippen molar-refractivity contribution in [3.05, 3.63) is 58.4 Å². The third kappa shape index (κ3) is 2.00. The zero-order valence-electron chi connectivity index (χ0n) is 11.2. The summed E-state index contributed by atoms with van der Waals surface area (Å²) in [6.07, 6.45) is 2.54. The van der Waals surface area contributed by atoms with Crippen LogP contribution in [0.1, 0.15) is 21.5 Å². The van der Waals surface area contributed by atoms with Gasteiger partial charge in [-0.2, -0.15) is 0 Å². The number of halogens is 1. The summed E-state index contributed by atoms with van der Waals surface area (Å²) >= 11 is 6.26. The molecule has 20 heavy (non-hydrogen) atoms. The largest absolute Gasteiger partial charge is 0.298 e. The number of imidazole rings is 1. The Bertz CT molecular complexity index is 821. The number of carbonyl (C=O) groups is 1. The van der Waals surface area contributed by atoms with Gasteiger partial charge in [-0.3, -0.25) is 9.36 Å². The molecule has 0 unspecified atom stereocenters. The van der Waals surface area contributed by atoms with Crippen LogP contribution in [0.15, 0.2) is 36.7 Å². The van der Waals surface area contributed by atoms with Crippen molar-refractivity contribution in [3.8, 4) is 5.69 Å². The van der Waals surface area contributed by atoms with Crippen LogP contribution < -0.4 is 0 Å². The summed E-state index contributed by atoms with van der Waals surface area (Å²) in [5.74, 6) is 0. The van der Waals surface area contributed by atoms with Crippen molar-refractivity contribution in [1.29, 1.82) is 0 Å². The minimum absolute atomic E-state index is 0.534. The molecule has 0 aliphatic rings. The molecule has 1 aromatic heterocycles. The normalized spacial score (nSPS) is 10.9. The molecule has 1 heterocycles. The number of hydrogen-bond donors (Lipinski definition) is 0. The Labute approximate surface area is 121 Å². The van der Waals surface area contributed by atoms with E-state index in [1.54, 1.807) is 18.5 Å². The SMILES string of the molecule is Cc1cc2ncn(-c3ccc(C=O)cc3Cl)c2cc1C. The van der Waals surface area contributed by atoms with Gasteiger partial charge in [-0.1, -0.05) is 11.6 Å². The first-order valence-corrected chi connectivity index (χ1v) is 6.67. The van der Waals surface area contributed by atoms with Crippen molar-refractivity contribution in [2.45, 2.75) is 13.8 Å². The minimum atomic E-state index is 0.534. The average molecular weight is 285 g/mol. The highest BCUT2D eigenvalue weighted by Crippen LogP contribution is 2.26. The Hall–Kier alpha value is -2.13. The van der Waals surface area contributed by atoms with Crippen LogP contribution in [0.2, 0.25) is 5.02 Å². The first kappa shape index (κ1) is 12.9. The summed E-state index contributed by atoms with van der Waals surface area (Å²) in [4.78, 5) is 15.2. The maximum absolute atomic E-state index is 10.8. The van der Waals surface area contributed by atoms with Crippen molar-refractivity contribution >= 4 is 28.9 Å². The first-order valence-electron chi connectivity index (χ1n) is 6.29. The highest BCUT2D eigenvalue weighted by atomic mass is 35.5. The van der Waals surface area contributed by atoms with Gasteiger partial charge in [-0.05, 0) is 55.3 Å². The maximum Gasteiger partial charge on any atom is 0.150 e. The zero-order valence-corrected chi connectivity index (χ0v) is 12.0. The Kier molecular flexibility index (Phi) is 3.07. The van der Waals surface area contributed by atoms with Gasteiger partial charge >= 0.3 is 0 Å². The fourth-order valence-electron chi connectivity index (χ4n) is 2.25. The Balaban J connectivity index is 2.24. The molecule has 0 N–H and O–H groups in total. The van der Waals surface area contributed by atoms with Gasteiger partial charge in [0.2, 0.25) is 0 Å². The molecule has 3 nitrogen and oxygen atoms in total. The highest BCUT2D eigenvalue weighted by molar-refractivity contribution is 6.32. The molecule has 100 valence electrons. The molecule has 2 aromatic carbocycles. The van der Waals surface area contributed by atoms with Crippen LogP contribution in [-0.2, 0) is 0 Å². The van der Waals surface area contributed by atoms with E-state index in [9.17, 15) is 4.79 Å². The monoisotopic (exact) mass is 284 g/mol. The first-order chi connectivity index (χ1) is 9.60. The zero-order chi connectivity index (χ0) is 14.3. The number of aromatic nitrogens is 2. The number of hydrogen-bond acceptors (Lipinski definition) is 2. The van der Waals surface area contributed by atoms with Crippen LogP contribution in [0.4, 0.5) is 0 Å². The second kappa shape index (κ2) is 4.76. The van der Waals surface area contributed by atoms with Gasteiger partial charge in [0.05, 0.1) is 21.7 Å². The van der Waals surface area contributed by atoms with E-state index in [4.69, 9.17) is 11.6 Å². The third-order valence-electron chi connectivity index (χ3n) is 3.53. The molecule has 0 radical (unpaired) electrons. The summed E-state index contributed by atoms with van der Waals surface area (Å²) in [5.41, 5.74) is 5.75. The quantitative estimate of drug-likeness (QED) is 0.664. The van der Waals surface area contributed by atoms with Crippen molar-refractivity contribution in [3.63, 3.8) is 0 Å². The van der Waals surface area contributed by atoms with Crippen LogP contribution in [0.25, 0.3) is 16.7 Å². The third-order valence-corrected chi connectivity index (χ3v) is 3.83. The molecule has 0 aliphatic carbocycles. The maximum atomic E-state index is 10.8. The lowest BCUT2D eigenvalue weighted by Crippen LogP contribution is -1.95. The van der Waals surface area contributed by atoms with Crippen LogP contribution in [0.5, 0.6) is 0 Å². The molecule has 4 heteroatoms. The highest BCUT2D eigenvalue weighted by Gasteiger charge is 2.09. The topological polar surface area (TPSA) is 34.9 Å². The Morgan fingerprint density at radius 1 is 1.15 bits per heavy atom. The summed E-state index contributed by atoms with van der Waals surface area (Å²) in [7, 11) is 0. The van der Waals surface area contributed by atoms with Gasteiger partial charge in [0.15, 0.2) is 0 Å².